The van der Waals surface area contributed by atoms with Gasteiger partial charge in [-0.3, -0.25) is 4.79 Å². The lowest BCUT2D eigenvalue weighted by Crippen LogP contribution is -2.38. The molecule has 1 unspecified atom stereocenters. The van der Waals surface area contributed by atoms with E-state index in [9.17, 15) is 4.79 Å². The van der Waals surface area contributed by atoms with E-state index >= 15 is 0 Å². The molecule has 1 aromatic carbocycles. The summed E-state index contributed by atoms with van der Waals surface area (Å²) in [5, 5.41) is 5.45. The third-order valence-corrected chi connectivity index (χ3v) is 4.42. The monoisotopic (exact) mass is 298 g/mol. The zero-order valence-electron chi connectivity index (χ0n) is 12.0. The van der Waals surface area contributed by atoms with Crippen LogP contribution in [-0.4, -0.2) is 18.5 Å². The Morgan fingerprint density at radius 2 is 2.19 bits per heavy atom. The van der Waals surface area contributed by atoms with Gasteiger partial charge in [-0.15, -0.1) is 11.3 Å². The Morgan fingerprint density at radius 3 is 3.00 bits per heavy atom. The van der Waals surface area contributed by atoms with Crippen LogP contribution in [0.2, 0.25) is 0 Å². The summed E-state index contributed by atoms with van der Waals surface area (Å²) in [5.74, 6) is 0.0337. The number of nitrogens with zero attached hydrogens (tertiary/aromatic N) is 1. The minimum absolute atomic E-state index is 0.0337. The highest BCUT2D eigenvalue weighted by Gasteiger charge is 2.22. The normalized spacial score (nSPS) is 18.5. The summed E-state index contributed by atoms with van der Waals surface area (Å²) in [7, 11) is 0. The number of carbonyl (C=O) groups is 1. The van der Waals surface area contributed by atoms with Crippen molar-refractivity contribution < 1.29 is 4.79 Å². The van der Waals surface area contributed by atoms with Crippen molar-refractivity contribution >= 4 is 29.0 Å². The fourth-order valence-corrected chi connectivity index (χ4v) is 3.10. The second-order valence-electron chi connectivity index (χ2n) is 5.21. The Labute approximate surface area is 128 Å². The number of fused-ring (bicyclic) bond motifs is 1. The first-order valence-electron chi connectivity index (χ1n) is 7.08. The number of amides is 1. The van der Waals surface area contributed by atoms with Crippen LogP contribution in [0.3, 0.4) is 0 Å². The predicted molar refractivity (Wildman–Crippen MR) is 88.4 cm³/mol. The first-order valence-corrected chi connectivity index (χ1v) is 7.96. The smallest absolute Gasteiger partial charge is 0.251 e. The van der Waals surface area contributed by atoms with Gasteiger partial charge in [-0.05, 0) is 36.1 Å². The first-order chi connectivity index (χ1) is 10.2. The van der Waals surface area contributed by atoms with Crippen molar-refractivity contribution in [2.24, 2.45) is 0 Å². The standard InChI is InChI=1S/C17H18N2OS/c1-13-12-19(16-7-3-2-5-14(16)11-18-13)17(20)9-8-15-6-4-10-21-15/h2-10,13,18H,11-12H2,1H3/b9-8+. The lowest BCUT2D eigenvalue weighted by molar-refractivity contribution is -0.114. The summed E-state index contributed by atoms with van der Waals surface area (Å²) in [6, 6.07) is 12.4. The Morgan fingerprint density at radius 1 is 1.33 bits per heavy atom. The van der Waals surface area contributed by atoms with Crippen molar-refractivity contribution in [3.05, 3.63) is 58.3 Å². The summed E-state index contributed by atoms with van der Waals surface area (Å²) in [6.07, 6.45) is 3.55. The number of anilines is 1. The van der Waals surface area contributed by atoms with E-state index in [2.05, 4.69) is 18.3 Å². The van der Waals surface area contributed by atoms with Gasteiger partial charge in [-0.1, -0.05) is 24.3 Å². The van der Waals surface area contributed by atoms with E-state index in [4.69, 9.17) is 0 Å². The fourth-order valence-electron chi connectivity index (χ4n) is 2.48. The zero-order chi connectivity index (χ0) is 14.7. The molecule has 3 rings (SSSR count). The summed E-state index contributed by atoms with van der Waals surface area (Å²) in [5.41, 5.74) is 2.18. The highest BCUT2D eigenvalue weighted by molar-refractivity contribution is 7.10. The van der Waals surface area contributed by atoms with Crippen LogP contribution >= 0.6 is 11.3 Å². The highest BCUT2D eigenvalue weighted by Crippen LogP contribution is 2.24. The molecule has 0 saturated carbocycles. The van der Waals surface area contributed by atoms with E-state index in [-0.39, 0.29) is 11.9 Å². The first kappa shape index (κ1) is 14.0. The molecule has 1 aromatic heterocycles. The van der Waals surface area contributed by atoms with E-state index in [0.29, 0.717) is 6.54 Å². The van der Waals surface area contributed by atoms with Gasteiger partial charge in [-0.2, -0.15) is 0 Å². The lowest BCUT2D eigenvalue weighted by Gasteiger charge is -2.23. The summed E-state index contributed by atoms with van der Waals surface area (Å²) in [6.45, 7) is 3.59. The van der Waals surface area contributed by atoms with Crippen molar-refractivity contribution in [3.8, 4) is 0 Å². The molecule has 2 heterocycles. The minimum atomic E-state index is 0.0337. The number of hydrogen-bond acceptors (Lipinski definition) is 3. The number of carbonyl (C=O) groups excluding carboxylic acids is 1. The average molecular weight is 298 g/mol. The zero-order valence-corrected chi connectivity index (χ0v) is 12.8. The number of thiophene rings is 1. The molecule has 1 N–H and O–H groups in total. The SMILES string of the molecule is CC1CN(C(=O)/C=C/c2cccs2)c2ccccc2CN1. The van der Waals surface area contributed by atoms with E-state index in [0.717, 1.165) is 17.1 Å². The lowest BCUT2D eigenvalue weighted by atomic mass is 10.1. The van der Waals surface area contributed by atoms with E-state index in [1.165, 1.54) is 5.56 Å². The molecule has 0 saturated heterocycles. The maximum Gasteiger partial charge on any atom is 0.251 e. The summed E-state index contributed by atoms with van der Waals surface area (Å²) >= 11 is 1.63. The van der Waals surface area contributed by atoms with E-state index in [1.54, 1.807) is 17.4 Å². The molecule has 21 heavy (non-hydrogen) atoms. The Kier molecular flexibility index (Phi) is 4.18. The van der Waals surface area contributed by atoms with Crippen LogP contribution in [0.15, 0.2) is 47.9 Å². The van der Waals surface area contributed by atoms with Crippen molar-refractivity contribution in [3.63, 3.8) is 0 Å². The Bertz CT molecular complexity index is 649. The molecule has 2 aromatic rings. The van der Waals surface area contributed by atoms with Gasteiger partial charge in [-0.25, -0.2) is 0 Å². The van der Waals surface area contributed by atoms with E-state index in [1.807, 2.05) is 46.7 Å². The molecule has 1 aliphatic heterocycles. The molecular formula is C17H18N2OS. The highest BCUT2D eigenvalue weighted by atomic mass is 32.1. The maximum atomic E-state index is 12.6. The quantitative estimate of drug-likeness (QED) is 0.863. The molecule has 0 bridgehead atoms. The number of rotatable bonds is 2. The van der Waals surface area contributed by atoms with Crippen LogP contribution in [-0.2, 0) is 11.3 Å². The second kappa shape index (κ2) is 6.24. The van der Waals surface area contributed by atoms with Gasteiger partial charge in [0.15, 0.2) is 0 Å². The van der Waals surface area contributed by atoms with Crippen LogP contribution in [0.25, 0.3) is 6.08 Å². The third kappa shape index (κ3) is 3.23. The van der Waals surface area contributed by atoms with Crippen LogP contribution < -0.4 is 10.2 Å². The average Bonchev–Trinajstić information content (AvgIpc) is 2.96. The molecule has 1 amide bonds. The topological polar surface area (TPSA) is 32.3 Å². The van der Waals surface area contributed by atoms with Gasteiger partial charge in [0, 0.05) is 35.8 Å². The number of para-hydroxylation sites is 1. The second-order valence-corrected chi connectivity index (χ2v) is 6.19. The van der Waals surface area contributed by atoms with Gasteiger partial charge in [0.2, 0.25) is 0 Å². The van der Waals surface area contributed by atoms with Gasteiger partial charge >= 0.3 is 0 Å². The van der Waals surface area contributed by atoms with Gasteiger partial charge in [0.05, 0.1) is 0 Å². The summed E-state index contributed by atoms with van der Waals surface area (Å²) in [4.78, 5) is 15.5. The van der Waals surface area contributed by atoms with Crippen molar-refractivity contribution in [2.45, 2.75) is 19.5 Å². The van der Waals surface area contributed by atoms with Crippen molar-refractivity contribution in [1.82, 2.24) is 5.32 Å². The Hall–Kier alpha value is -1.91. The van der Waals surface area contributed by atoms with Gasteiger partial charge < -0.3 is 10.2 Å². The largest absolute Gasteiger partial charge is 0.308 e. The summed E-state index contributed by atoms with van der Waals surface area (Å²) < 4.78 is 0. The predicted octanol–water partition coefficient (Wildman–Crippen LogP) is 3.29. The molecule has 1 atom stereocenters. The molecule has 108 valence electrons. The molecule has 0 fully saturated rings. The third-order valence-electron chi connectivity index (χ3n) is 3.58. The number of hydrogen-bond donors (Lipinski definition) is 1. The van der Waals surface area contributed by atoms with Crippen LogP contribution in [0.4, 0.5) is 5.69 Å². The fraction of sp³-hybridized carbons (Fsp3) is 0.235. The Balaban J connectivity index is 1.87. The van der Waals surface area contributed by atoms with Crippen LogP contribution in [0.5, 0.6) is 0 Å². The molecule has 1 aliphatic rings. The molecule has 0 spiro atoms. The van der Waals surface area contributed by atoms with Crippen LogP contribution in [0.1, 0.15) is 17.4 Å². The molecule has 4 heteroatoms. The maximum absolute atomic E-state index is 12.6. The number of nitrogens with one attached hydrogen (secondary N) is 1. The molecule has 0 aliphatic carbocycles. The molecular weight excluding hydrogens is 280 g/mol. The van der Waals surface area contributed by atoms with Crippen molar-refractivity contribution in [2.75, 3.05) is 11.4 Å². The molecule has 3 nitrogen and oxygen atoms in total. The van der Waals surface area contributed by atoms with Crippen LogP contribution in [0, 0.1) is 0 Å². The van der Waals surface area contributed by atoms with Gasteiger partial charge in [0.25, 0.3) is 5.91 Å². The van der Waals surface area contributed by atoms with Crippen molar-refractivity contribution in [1.29, 1.82) is 0 Å². The van der Waals surface area contributed by atoms with E-state index < -0.39 is 0 Å². The van der Waals surface area contributed by atoms with Gasteiger partial charge in [0.1, 0.15) is 0 Å². The number of benzene rings is 1. The molecule has 0 radical (unpaired) electrons. The minimum Gasteiger partial charge on any atom is -0.308 e.